The minimum atomic E-state index is -0.446. The van der Waals surface area contributed by atoms with Gasteiger partial charge in [0.15, 0.2) is 0 Å². The number of rotatable bonds is 2. The molecule has 1 aliphatic rings. The van der Waals surface area contributed by atoms with E-state index in [0.717, 1.165) is 0 Å². The lowest BCUT2D eigenvalue weighted by atomic mass is 10.4. The summed E-state index contributed by atoms with van der Waals surface area (Å²) in [6, 6.07) is 0. The Morgan fingerprint density at radius 1 is 1.71 bits per heavy atom. The summed E-state index contributed by atoms with van der Waals surface area (Å²) in [4.78, 5) is 23.8. The van der Waals surface area contributed by atoms with Crippen LogP contribution in [0.4, 0.5) is 0 Å². The second kappa shape index (κ2) is 4.50. The van der Waals surface area contributed by atoms with E-state index < -0.39 is 5.97 Å². The summed E-state index contributed by atoms with van der Waals surface area (Å²) in [5.41, 5.74) is 0.610. The highest BCUT2D eigenvalue weighted by Crippen LogP contribution is 2.20. The quantitative estimate of drug-likeness (QED) is 0.417. The Hall–Kier alpha value is -0.970. The van der Waals surface area contributed by atoms with Crippen LogP contribution in [0.5, 0.6) is 0 Å². The van der Waals surface area contributed by atoms with Gasteiger partial charge >= 0.3 is 5.97 Å². The summed E-state index contributed by atoms with van der Waals surface area (Å²) in [5.74, 6) is -0.444. The van der Waals surface area contributed by atoms with Crippen molar-refractivity contribution in [1.82, 2.24) is 4.90 Å². The van der Waals surface area contributed by atoms with Gasteiger partial charge < -0.3 is 9.64 Å². The molecular weight excluding hydrogens is 202 g/mol. The molecule has 1 heterocycles. The van der Waals surface area contributed by atoms with Gasteiger partial charge in [-0.25, -0.2) is 4.79 Å². The maximum absolute atomic E-state index is 11.4. The molecule has 0 saturated carbocycles. The van der Waals surface area contributed by atoms with Crippen LogP contribution in [0.1, 0.15) is 13.3 Å². The summed E-state index contributed by atoms with van der Waals surface area (Å²) in [6.07, 6.45) is 1.74. The minimum Gasteiger partial charge on any atom is -0.466 e. The van der Waals surface area contributed by atoms with E-state index >= 15 is 0 Å². The predicted octanol–water partition coefficient (Wildman–Crippen LogP) is 0.594. The average molecular weight is 215 g/mol. The zero-order valence-corrected chi connectivity index (χ0v) is 9.08. The van der Waals surface area contributed by atoms with Gasteiger partial charge in [-0.15, -0.1) is 0 Å². The van der Waals surface area contributed by atoms with Gasteiger partial charge in [-0.1, -0.05) is 0 Å². The first-order valence-electron chi connectivity index (χ1n) is 4.29. The average Bonchev–Trinajstić information content (AvgIpc) is 2.45. The molecule has 1 unspecified atom stereocenters. The molecule has 0 bridgehead atoms. The fraction of sp³-hybridized carbons (Fsp3) is 0.556. The van der Waals surface area contributed by atoms with Crippen LogP contribution in [0.25, 0.3) is 0 Å². The highest BCUT2D eigenvalue weighted by atomic mass is 32.1. The van der Waals surface area contributed by atoms with Gasteiger partial charge in [0.2, 0.25) is 5.91 Å². The van der Waals surface area contributed by atoms with Gasteiger partial charge in [-0.2, -0.15) is 12.6 Å². The molecule has 0 aliphatic carbocycles. The van der Waals surface area contributed by atoms with Gasteiger partial charge in [0.05, 0.1) is 7.11 Å². The van der Waals surface area contributed by atoms with Crippen LogP contribution < -0.4 is 0 Å². The highest BCUT2D eigenvalue weighted by molar-refractivity contribution is 7.81. The molecule has 78 valence electrons. The number of hydrogen-bond donors (Lipinski definition) is 1. The third-order valence-electron chi connectivity index (χ3n) is 2.06. The molecule has 0 spiro atoms. The van der Waals surface area contributed by atoms with Crippen molar-refractivity contribution in [2.75, 3.05) is 13.7 Å². The number of ether oxygens (including phenoxy) is 1. The number of thiol groups is 1. The lowest BCUT2D eigenvalue weighted by molar-refractivity contribution is -0.135. The number of allylic oxidation sites excluding steroid dienone is 1. The van der Waals surface area contributed by atoms with E-state index in [4.69, 9.17) is 0 Å². The third kappa shape index (κ3) is 2.51. The van der Waals surface area contributed by atoms with E-state index in [1.54, 1.807) is 11.8 Å². The normalized spacial score (nSPS) is 22.8. The molecule has 1 atom stereocenters. The molecule has 1 aliphatic heterocycles. The van der Waals surface area contributed by atoms with Crippen LogP contribution in [0.15, 0.2) is 11.8 Å². The maximum atomic E-state index is 11.4. The smallest absolute Gasteiger partial charge is 0.332 e. The number of esters is 1. The fourth-order valence-electron chi connectivity index (χ4n) is 1.34. The number of amides is 1. The van der Waals surface area contributed by atoms with Crippen molar-refractivity contribution in [3.05, 3.63) is 11.8 Å². The Morgan fingerprint density at radius 2 is 2.36 bits per heavy atom. The molecule has 1 fully saturated rings. The molecule has 4 nitrogen and oxygen atoms in total. The predicted molar refractivity (Wildman–Crippen MR) is 54.9 cm³/mol. The Morgan fingerprint density at radius 3 is 2.79 bits per heavy atom. The molecule has 0 aromatic carbocycles. The number of carbonyl (C=O) groups excluding carboxylic acids is 2. The Kier molecular flexibility index (Phi) is 3.57. The van der Waals surface area contributed by atoms with Gasteiger partial charge in [-0.05, 0) is 6.92 Å². The van der Waals surface area contributed by atoms with E-state index in [9.17, 15) is 9.59 Å². The first-order valence-corrected chi connectivity index (χ1v) is 4.81. The number of methoxy groups -OCH3 is 1. The van der Waals surface area contributed by atoms with Crippen LogP contribution in [-0.2, 0) is 14.3 Å². The zero-order chi connectivity index (χ0) is 10.7. The molecule has 1 saturated heterocycles. The number of hydrogen-bond acceptors (Lipinski definition) is 4. The molecule has 0 radical (unpaired) electrons. The van der Waals surface area contributed by atoms with E-state index in [2.05, 4.69) is 17.4 Å². The number of nitrogens with zero attached hydrogens (tertiary/aromatic N) is 1. The summed E-state index contributed by atoms with van der Waals surface area (Å²) in [5, 5.41) is 0.0588. The van der Waals surface area contributed by atoms with Crippen molar-refractivity contribution in [3.8, 4) is 0 Å². The first-order chi connectivity index (χ1) is 6.54. The zero-order valence-electron chi connectivity index (χ0n) is 8.19. The number of likely N-dealkylation sites (tertiary alicyclic amines) is 1. The SMILES string of the molecule is COC(=O)C=C(C)N1CC(S)CC1=O. The van der Waals surface area contributed by atoms with Crippen molar-refractivity contribution >= 4 is 24.5 Å². The lowest BCUT2D eigenvalue weighted by Crippen LogP contribution is -2.24. The summed E-state index contributed by atoms with van der Waals surface area (Å²) >= 11 is 4.21. The lowest BCUT2D eigenvalue weighted by Gasteiger charge is -2.15. The summed E-state index contributed by atoms with van der Waals surface area (Å²) < 4.78 is 4.47. The molecule has 1 amide bonds. The van der Waals surface area contributed by atoms with Gasteiger partial charge in [-0.3, -0.25) is 4.79 Å². The van der Waals surface area contributed by atoms with E-state index in [0.29, 0.717) is 18.7 Å². The van der Waals surface area contributed by atoms with Crippen LogP contribution in [-0.4, -0.2) is 35.7 Å². The molecular formula is C9H13NO3S. The highest BCUT2D eigenvalue weighted by Gasteiger charge is 2.28. The Labute approximate surface area is 88.3 Å². The van der Waals surface area contributed by atoms with Crippen molar-refractivity contribution in [3.63, 3.8) is 0 Å². The molecule has 5 heteroatoms. The van der Waals surface area contributed by atoms with Gasteiger partial charge in [0.25, 0.3) is 0 Å². The fourth-order valence-corrected chi connectivity index (χ4v) is 1.66. The van der Waals surface area contributed by atoms with E-state index in [-0.39, 0.29) is 11.2 Å². The Bertz CT molecular complexity index is 288. The topological polar surface area (TPSA) is 46.6 Å². The maximum Gasteiger partial charge on any atom is 0.332 e. The van der Waals surface area contributed by atoms with Crippen LogP contribution in [0.2, 0.25) is 0 Å². The first kappa shape index (κ1) is 11.1. The number of carbonyl (C=O) groups is 2. The van der Waals surface area contributed by atoms with Crippen molar-refractivity contribution in [2.45, 2.75) is 18.6 Å². The van der Waals surface area contributed by atoms with Crippen LogP contribution in [0, 0.1) is 0 Å². The Balaban J connectivity index is 2.70. The van der Waals surface area contributed by atoms with Crippen molar-refractivity contribution in [1.29, 1.82) is 0 Å². The molecule has 0 aromatic rings. The molecule has 14 heavy (non-hydrogen) atoms. The molecule has 0 N–H and O–H groups in total. The van der Waals surface area contributed by atoms with Gasteiger partial charge in [0, 0.05) is 30.0 Å². The van der Waals surface area contributed by atoms with Crippen LogP contribution >= 0.6 is 12.6 Å². The van der Waals surface area contributed by atoms with E-state index in [1.807, 2.05) is 0 Å². The molecule has 0 aromatic heterocycles. The summed E-state index contributed by atoms with van der Waals surface area (Å²) in [7, 11) is 1.30. The second-order valence-electron chi connectivity index (χ2n) is 3.17. The third-order valence-corrected chi connectivity index (χ3v) is 2.40. The van der Waals surface area contributed by atoms with E-state index in [1.165, 1.54) is 13.2 Å². The monoisotopic (exact) mass is 215 g/mol. The largest absolute Gasteiger partial charge is 0.466 e. The molecule has 1 rings (SSSR count). The van der Waals surface area contributed by atoms with Gasteiger partial charge in [0.1, 0.15) is 0 Å². The summed E-state index contributed by atoms with van der Waals surface area (Å²) in [6.45, 7) is 2.27. The standard InChI is InChI=1S/C9H13NO3S/c1-6(3-9(12)13-2)10-5-7(14)4-8(10)11/h3,7,14H,4-5H2,1-2H3. The second-order valence-corrected chi connectivity index (χ2v) is 3.90. The van der Waals surface area contributed by atoms with Crippen molar-refractivity contribution < 1.29 is 14.3 Å². The van der Waals surface area contributed by atoms with Crippen molar-refractivity contribution in [2.24, 2.45) is 0 Å². The minimum absolute atomic E-state index is 0.00246. The van der Waals surface area contributed by atoms with Crippen LogP contribution in [0.3, 0.4) is 0 Å².